The molecule has 18 heavy (non-hydrogen) atoms. The van der Waals surface area contributed by atoms with Crippen molar-refractivity contribution in [2.75, 3.05) is 11.5 Å². The minimum atomic E-state index is -3.71. The summed E-state index contributed by atoms with van der Waals surface area (Å²) in [4.78, 5) is 0. The number of unbranched alkanes of at least 4 members (excludes halogenated alkanes) is 4. The fraction of sp³-hybridized carbons (Fsp3) is 0.833. The Bertz CT molecular complexity index is 404. The van der Waals surface area contributed by atoms with Crippen molar-refractivity contribution >= 4 is 19.7 Å². The van der Waals surface area contributed by atoms with E-state index in [1.54, 1.807) is 0 Å². The molecule has 0 atom stereocenters. The maximum absolute atomic E-state index is 11.8. The molecule has 0 aliphatic rings. The second-order valence-corrected chi connectivity index (χ2v) is 8.94. The lowest BCUT2D eigenvalue weighted by Gasteiger charge is -2.08. The standard InChI is InChI=1S/C12H24O4S2/c1-4-6-8-10-17(13,14)12(3)18(15,16)11-9-7-5-2/h3-11H2,1-2H3. The minimum absolute atomic E-state index is 0.118. The first-order valence-electron chi connectivity index (χ1n) is 6.42. The van der Waals surface area contributed by atoms with Gasteiger partial charge in [-0.15, -0.1) is 0 Å². The molecule has 0 aliphatic heterocycles. The molecular formula is C12H24O4S2. The predicted octanol–water partition coefficient (Wildman–Crippen LogP) is 2.67. The summed E-state index contributed by atoms with van der Waals surface area (Å²) in [6, 6.07) is 0. The minimum Gasteiger partial charge on any atom is -0.223 e. The average molecular weight is 296 g/mol. The summed E-state index contributed by atoms with van der Waals surface area (Å²) in [5.41, 5.74) is 0. The SMILES string of the molecule is C=C(S(=O)(=O)CCCCC)S(=O)(=O)CCCCC. The van der Waals surface area contributed by atoms with Gasteiger partial charge in [-0.2, -0.15) is 0 Å². The highest BCUT2D eigenvalue weighted by molar-refractivity contribution is 8.14. The van der Waals surface area contributed by atoms with Gasteiger partial charge in [0.15, 0.2) is 23.9 Å². The van der Waals surface area contributed by atoms with E-state index < -0.39 is 23.9 Å². The topological polar surface area (TPSA) is 68.3 Å². The molecule has 0 saturated heterocycles. The molecule has 0 N–H and O–H groups in total. The molecule has 0 radical (unpaired) electrons. The second kappa shape index (κ2) is 7.94. The van der Waals surface area contributed by atoms with Gasteiger partial charge in [-0.3, -0.25) is 0 Å². The highest BCUT2D eigenvalue weighted by Gasteiger charge is 2.27. The molecule has 108 valence electrons. The molecule has 0 fully saturated rings. The van der Waals surface area contributed by atoms with E-state index in [0.717, 1.165) is 25.7 Å². The highest BCUT2D eigenvalue weighted by Crippen LogP contribution is 2.17. The molecule has 0 amide bonds. The van der Waals surface area contributed by atoms with Crippen LogP contribution < -0.4 is 0 Å². The van der Waals surface area contributed by atoms with Crippen molar-refractivity contribution in [3.8, 4) is 0 Å². The maximum atomic E-state index is 11.8. The van der Waals surface area contributed by atoms with Crippen molar-refractivity contribution < 1.29 is 16.8 Å². The van der Waals surface area contributed by atoms with Crippen molar-refractivity contribution in [2.45, 2.75) is 52.4 Å². The Hall–Kier alpha value is -0.360. The fourth-order valence-electron chi connectivity index (χ4n) is 1.51. The van der Waals surface area contributed by atoms with Gasteiger partial charge in [0, 0.05) is 0 Å². The molecular weight excluding hydrogens is 272 g/mol. The molecule has 0 aromatic carbocycles. The average Bonchev–Trinajstić information content (AvgIpc) is 2.28. The van der Waals surface area contributed by atoms with Crippen LogP contribution in [-0.4, -0.2) is 28.3 Å². The zero-order valence-electron chi connectivity index (χ0n) is 11.3. The van der Waals surface area contributed by atoms with E-state index in [9.17, 15) is 16.8 Å². The summed E-state index contributed by atoms with van der Waals surface area (Å²) in [5, 5.41) is 0. The van der Waals surface area contributed by atoms with Crippen LogP contribution in [0.15, 0.2) is 10.8 Å². The Morgan fingerprint density at radius 3 is 1.39 bits per heavy atom. The Kier molecular flexibility index (Phi) is 7.78. The van der Waals surface area contributed by atoms with E-state index in [2.05, 4.69) is 6.58 Å². The highest BCUT2D eigenvalue weighted by atomic mass is 32.3. The molecule has 0 aromatic heterocycles. The molecule has 0 bridgehead atoms. The van der Waals surface area contributed by atoms with Crippen molar-refractivity contribution in [3.63, 3.8) is 0 Å². The summed E-state index contributed by atoms with van der Waals surface area (Å²) in [6.45, 7) is 7.20. The summed E-state index contributed by atoms with van der Waals surface area (Å²) >= 11 is 0. The molecule has 0 saturated carbocycles. The third-order valence-corrected chi connectivity index (χ3v) is 7.29. The van der Waals surface area contributed by atoms with Gasteiger partial charge >= 0.3 is 0 Å². The lowest BCUT2D eigenvalue weighted by atomic mass is 10.3. The zero-order chi connectivity index (χ0) is 14.2. The first-order chi connectivity index (χ1) is 8.28. The predicted molar refractivity (Wildman–Crippen MR) is 75.8 cm³/mol. The van der Waals surface area contributed by atoms with Crippen molar-refractivity contribution in [3.05, 3.63) is 10.8 Å². The van der Waals surface area contributed by atoms with Gasteiger partial charge in [-0.05, 0) is 12.8 Å². The molecule has 0 unspecified atom stereocenters. The Labute approximate surface area is 111 Å². The van der Waals surface area contributed by atoms with E-state index in [4.69, 9.17) is 0 Å². The van der Waals surface area contributed by atoms with Crippen molar-refractivity contribution in [2.24, 2.45) is 0 Å². The lowest BCUT2D eigenvalue weighted by Crippen LogP contribution is -2.18. The largest absolute Gasteiger partial charge is 0.223 e. The van der Waals surface area contributed by atoms with E-state index in [1.165, 1.54) is 0 Å². The van der Waals surface area contributed by atoms with Crippen LogP contribution in [0.1, 0.15) is 52.4 Å². The molecule has 0 aromatic rings. The van der Waals surface area contributed by atoms with Gasteiger partial charge in [0.05, 0.1) is 11.5 Å². The smallest absolute Gasteiger partial charge is 0.188 e. The van der Waals surface area contributed by atoms with Crippen molar-refractivity contribution in [1.29, 1.82) is 0 Å². The monoisotopic (exact) mass is 296 g/mol. The first-order valence-corrected chi connectivity index (χ1v) is 9.72. The Balaban J connectivity index is 4.61. The van der Waals surface area contributed by atoms with Crippen LogP contribution in [0.4, 0.5) is 0 Å². The molecule has 0 aliphatic carbocycles. The maximum Gasteiger partial charge on any atom is 0.188 e. The number of rotatable bonds is 10. The molecule has 0 heterocycles. The summed E-state index contributed by atoms with van der Waals surface area (Å²) in [6.07, 6.45) is 4.33. The molecule has 6 heteroatoms. The normalized spacial score (nSPS) is 12.6. The van der Waals surface area contributed by atoms with Gasteiger partial charge in [0.2, 0.25) is 0 Å². The van der Waals surface area contributed by atoms with Crippen LogP contribution in [0.25, 0.3) is 0 Å². The summed E-state index contributed by atoms with van der Waals surface area (Å²) < 4.78 is 46.6. The van der Waals surface area contributed by atoms with Gasteiger partial charge in [-0.1, -0.05) is 46.1 Å². The molecule has 0 spiro atoms. The quantitative estimate of drug-likeness (QED) is 0.581. The van der Waals surface area contributed by atoms with Crippen LogP contribution in [-0.2, 0) is 19.7 Å². The third kappa shape index (κ3) is 6.00. The summed E-state index contributed by atoms with van der Waals surface area (Å²) in [7, 11) is -7.42. The van der Waals surface area contributed by atoms with Crippen LogP contribution in [0.5, 0.6) is 0 Å². The van der Waals surface area contributed by atoms with Gasteiger partial charge in [0.1, 0.15) is 0 Å². The first kappa shape index (κ1) is 17.6. The summed E-state index contributed by atoms with van der Waals surface area (Å²) in [5.74, 6) is -0.237. The van der Waals surface area contributed by atoms with Crippen LogP contribution in [0.2, 0.25) is 0 Å². The number of sulfone groups is 2. The Morgan fingerprint density at radius 2 is 1.11 bits per heavy atom. The second-order valence-electron chi connectivity index (χ2n) is 4.42. The van der Waals surface area contributed by atoms with Crippen LogP contribution >= 0.6 is 0 Å². The van der Waals surface area contributed by atoms with Crippen LogP contribution in [0.3, 0.4) is 0 Å². The molecule has 0 rings (SSSR count). The van der Waals surface area contributed by atoms with E-state index >= 15 is 0 Å². The third-order valence-electron chi connectivity index (χ3n) is 2.73. The van der Waals surface area contributed by atoms with E-state index in [0.29, 0.717) is 12.8 Å². The zero-order valence-corrected chi connectivity index (χ0v) is 12.9. The van der Waals surface area contributed by atoms with Gasteiger partial charge < -0.3 is 0 Å². The number of hydrogen-bond donors (Lipinski definition) is 0. The van der Waals surface area contributed by atoms with Crippen LogP contribution in [0, 0.1) is 0 Å². The fourth-order valence-corrected chi connectivity index (χ4v) is 5.18. The van der Waals surface area contributed by atoms with E-state index in [1.807, 2.05) is 13.8 Å². The van der Waals surface area contributed by atoms with Crippen molar-refractivity contribution in [1.82, 2.24) is 0 Å². The lowest BCUT2D eigenvalue weighted by molar-refractivity contribution is 0.590. The molecule has 4 nitrogen and oxygen atoms in total. The van der Waals surface area contributed by atoms with Gasteiger partial charge in [0.25, 0.3) is 0 Å². The Morgan fingerprint density at radius 1 is 0.778 bits per heavy atom. The van der Waals surface area contributed by atoms with Gasteiger partial charge in [-0.25, -0.2) is 16.8 Å². The van der Waals surface area contributed by atoms with E-state index in [-0.39, 0.29) is 11.5 Å². The number of hydrogen-bond acceptors (Lipinski definition) is 4.